The van der Waals surface area contributed by atoms with Crippen molar-refractivity contribution in [3.05, 3.63) is 235 Å². The fourth-order valence-corrected chi connectivity index (χ4v) is 11.2. The third-order valence-electron chi connectivity index (χ3n) is 14.5. The van der Waals surface area contributed by atoms with Crippen LogP contribution in [0.3, 0.4) is 0 Å². The van der Waals surface area contributed by atoms with Gasteiger partial charge >= 0.3 is 0 Å². The number of nitriles is 1. The van der Waals surface area contributed by atoms with Crippen LogP contribution in [-0.2, 0) is 0 Å². The summed E-state index contributed by atoms with van der Waals surface area (Å²) in [4.78, 5) is 15.0. The van der Waals surface area contributed by atoms with Gasteiger partial charge in [-0.05, 0) is 122 Å². The first kappa shape index (κ1) is 39.4. The number of benzene rings is 13. The Morgan fingerprint density at radius 3 is 1.49 bits per heavy atom. The van der Waals surface area contributed by atoms with Crippen LogP contribution in [0.5, 0.6) is 0 Å². The van der Waals surface area contributed by atoms with Gasteiger partial charge < -0.3 is 0 Å². The molecule has 0 N–H and O–H groups in total. The largest absolute Gasteiger partial charge is 0.238 e. The van der Waals surface area contributed by atoms with Crippen LogP contribution in [0.2, 0.25) is 0 Å². The summed E-state index contributed by atoms with van der Waals surface area (Å²) in [5, 5.41) is 25.6. The van der Waals surface area contributed by atoms with E-state index in [9.17, 15) is 5.26 Å². The van der Waals surface area contributed by atoms with E-state index in [4.69, 9.17) is 16.5 Å². The van der Waals surface area contributed by atoms with Gasteiger partial charge in [0.2, 0.25) is 0 Å². The molecule has 0 aliphatic rings. The van der Waals surface area contributed by atoms with Gasteiger partial charge in [0.05, 0.1) is 29.4 Å². The molecule has 0 radical (unpaired) electrons. The summed E-state index contributed by atoms with van der Waals surface area (Å²) < 4.78 is 0. The zero-order valence-corrected chi connectivity index (χ0v) is 37.6. The normalized spacial score (nSPS) is 11.7. The topological polar surface area (TPSA) is 53.9 Å². The Labute approximate surface area is 403 Å². The molecule has 0 spiro atoms. The highest BCUT2D eigenvalue weighted by molar-refractivity contribution is 6.28. The monoisotopic (exact) mass is 884 g/mol. The Morgan fingerprint density at radius 1 is 0.357 bits per heavy atom. The van der Waals surface area contributed by atoms with Gasteiger partial charge in [0.25, 0.3) is 0 Å². The number of fused-ring (bicyclic) bond motifs is 1. The van der Waals surface area contributed by atoms with Gasteiger partial charge in [0, 0.05) is 22.1 Å². The third kappa shape index (κ3) is 6.01. The van der Waals surface area contributed by atoms with Gasteiger partial charge in [-0.3, -0.25) is 0 Å². The molecule has 1 heterocycles. The maximum Gasteiger partial charge on any atom is 0.194 e. The van der Waals surface area contributed by atoms with Crippen LogP contribution in [0.25, 0.3) is 148 Å². The molecule has 320 valence electrons. The highest BCUT2D eigenvalue weighted by Crippen LogP contribution is 2.46. The molecule has 0 fully saturated rings. The molecular weight excluding hydrogens is 849 g/mol. The van der Waals surface area contributed by atoms with E-state index in [1.165, 1.54) is 64.6 Å². The maximum absolute atomic E-state index is 9.95. The summed E-state index contributed by atoms with van der Waals surface area (Å²) in [6.45, 7) is 7.89. The zero-order chi connectivity index (χ0) is 46.5. The number of nitrogens with zero attached hydrogens (tertiary/aromatic N) is 4. The number of para-hydroxylation sites is 1. The van der Waals surface area contributed by atoms with Crippen molar-refractivity contribution < 1.29 is 0 Å². The van der Waals surface area contributed by atoms with Gasteiger partial charge in [0.15, 0.2) is 11.5 Å². The quantitative estimate of drug-likeness (QED) is 0.123. The molecule has 0 aliphatic carbocycles. The van der Waals surface area contributed by atoms with Crippen molar-refractivity contribution in [2.45, 2.75) is 0 Å². The van der Waals surface area contributed by atoms with Crippen molar-refractivity contribution in [2.24, 2.45) is 0 Å². The number of hydrogen-bond donors (Lipinski definition) is 0. The summed E-state index contributed by atoms with van der Waals surface area (Å²) in [7, 11) is 0. The van der Waals surface area contributed by atoms with Crippen LogP contribution in [0.1, 0.15) is 5.56 Å². The van der Waals surface area contributed by atoms with E-state index in [1.807, 2.05) is 48.5 Å². The number of hydrogen-bond acceptors (Lipinski definition) is 3. The smallest absolute Gasteiger partial charge is 0.194 e. The SMILES string of the molecule is [C-]#[N+]c1ccccc1-c1ccc(-c2nc(-c3ccc(-c4ccccc4C#N)cc3)nc3c(-c4ccc5ccc6cccc7ccc4c5c67)cc(-c4ccc5ccc6cccc7ccc4c5c67)cc23)cc1. The van der Waals surface area contributed by atoms with Crippen LogP contribution < -0.4 is 0 Å². The van der Waals surface area contributed by atoms with Crippen LogP contribution in [-0.4, -0.2) is 9.97 Å². The first-order chi connectivity index (χ1) is 34.6. The van der Waals surface area contributed by atoms with Crippen LogP contribution >= 0.6 is 0 Å². The molecule has 0 amide bonds. The second kappa shape index (κ2) is 15.4. The average molecular weight is 885 g/mol. The predicted octanol–water partition coefficient (Wildman–Crippen LogP) is 17.8. The van der Waals surface area contributed by atoms with Crippen LogP contribution in [0.15, 0.2) is 218 Å². The molecule has 14 rings (SSSR count). The first-order valence-electron chi connectivity index (χ1n) is 23.5. The second-order valence-corrected chi connectivity index (χ2v) is 18.2. The molecular formula is C66H36N4. The van der Waals surface area contributed by atoms with Crippen molar-refractivity contribution in [3.63, 3.8) is 0 Å². The van der Waals surface area contributed by atoms with Crippen LogP contribution in [0, 0.1) is 17.9 Å². The van der Waals surface area contributed by atoms with E-state index in [0.29, 0.717) is 17.1 Å². The molecule has 0 atom stereocenters. The predicted molar refractivity (Wildman–Crippen MR) is 291 cm³/mol. The van der Waals surface area contributed by atoms with E-state index in [-0.39, 0.29) is 0 Å². The molecule has 13 aromatic carbocycles. The van der Waals surface area contributed by atoms with Crippen LogP contribution in [0.4, 0.5) is 5.69 Å². The lowest BCUT2D eigenvalue weighted by atomic mass is 9.86. The molecule has 4 heteroatoms. The van der Waals surface area contributed by atoms with Crippen molar-refractivity contribution in [1.29, 1.82) is 5.26 Å². The minimum absolute atomic E-state index is 0.597. The Hall–Kier alpha value is -9.74. The van der Waals surface area contributed by atoms with Gasteiger partial charge in [-0.2, -0.15) is 5.26 Å². The highest BCUT2D eigenvalue weighted by Gasteiger charge is 2.22. The van der Waals surface area contributed by atoms with Gasteiger partial charge in [-0.1, -0.05) is 200 Å². The van der Waals surface area contributed by atoms with Gasteiger partial charge in [-0.25, -0.2) is 14.8 Å². The first-order valence-corrected chi connectivity index (χ1v) is 23.5. The Kier molecular flexibility index (Phi) is 8.68. The lowest BCUT2D eigenvalue weighted by Crippen LogP contribution is -1.99. The minimum Gasteiger partial charge on any atom is -0.238 e. The van der Waals surface area contributed by atoms with E-state index in [2.05, 4.69) is 181 Å². The lowest BCUT2D eigenvalue weighted by molar-refractivity contribution is 1.23. The molecule has 0 saturated carbocycles. The summed E-state index contributed by atoms with van der Waals surface area (Å²) in [6, 6.07) is 79.4. The minimum atomic E-state index is 0.597. The van der Waals surface area contributed by atoms with Crippen molar-refractivity contribution in [3.8, 4) is 73.2 Å². The van der Waals surface area contributed by atoms with E-state index < -0.39 is 0 Å². The molecule has 0 aliphatic heterocycles. The molecule has 0 saturated heterocycles. The molecule has 0 unspecified atom stereocenters. The number of rotatable bonds is 6. The highest BCUT2D eigenvalue weighted by atomic mass is 14.9. The number of aromatic nitrogens is 2. The summed E-state index contributed by atoms with van der Waals surface area (Å²) in [5.74, 6) is 0.597. The van der Waals surface area contributed by atoms with E-state index >= 15 is 0 Å². The Morgan fingerprint density at radius 2 is 0.857 bits per heavy atom. The summed E-state index contributed by atoms with van der Waals surface area (Å²) in [6.07, 6.45) is 0. The third-order valence-corrected chi connectivity index (χ3v) is 14.5. The lowest BCUT2D eigenvalue weighted by Gasteiger charge is -2.19. The summed E-state index contributed by atoms with van der Waals surface area (Å²) in [5.41, 5.74) is 12.7. The fourth-order valence-electron chi connectivity index (χ4n) is 11.2. The average Bonchev–Trinajstić information content (AvgIpc) is 3.43. The summed E-state index contributed by atoms with van der Waals surface area (Å²) >= 11 is 0. The Balaban J connectivity index is 1.08. The fraction of sp³-hybridized carbons (Fsp3) is 0. The maximum atomic E-state index is 9.95. The van der Waals surface area contributed by atoms with Gasteiger partial charge in [-0.15, -0.1) is 0 Å². The van der Waals surface area contributed by atoms with E-state index in [0.717, 1.165) is 72.2 Å². The molecule has 70 heavy (non-hydrogen) atoms. The van der Waals surface area contributed by atoms with Crippen molar-refractivity contribution >= 4 is 81.2 Å². The zero-order valence-electron chi connectivity index (χ0n) is 37.6. The molecule has 4 nitrogen and oxygen atoms in total. The molecule has 0 bridgehead atoms. The Bertz CT molecular complexity index is 4500. The standard InChI is InChI=1S/C66H36N4/c1-68-59-15-5-4-14-53(59)40-16-24-47(25-17-40)64-58-37-50(52-32-28-45-22-20-41-9-6-11-43-30-34-55(52)62(45)60(41)43)36-57(54-33-29-46-23-21-42-10-7-12-44-31-35-56(54)63(46)61(42)44)65(58)70-66(69-64)48-26-18-39(19-27-48)51-13-3-2-8-49(51)38-67/h2-37H. The second-order valence-electron chi connectivity index (χ2n) is 18.2. The van der Waals surface area contributed by atoms with E-state index in [1.54, 1.807) is 0 Å². The van der Waals surface area contributed by atoms with Crippen molar-refractivity contribution in [2.75, 3.05) is 0 Å². The molecule has 1 aromatic heterocycles. The van der Waals surface area contributed by atoms with Crippen molar-refractivity contribution in [1.82, 2.24) is 9.97 Å². The van der Waals surface area contributed by atoms with Gasteiger partial charge in [0.1, 0.15) is 0 Å². The molecule has 14 aromatic rings.